The lowest BCUT2D eigenvalue weighted by atomic mass is 9.91. The van der Waals surface area contributed by atoms with Gasteiger partial charge in [-0.1, -0.05) is 37.1 Å². The standard InChI is InChI=1S/C22H27NO2/c1-15-7-6-10-20(16(15)2)22(24)23-21(17-8-4-5-9-17)18-11-13-19(25-3)14-12-18/h6-7,10-14,17,21H,4-5,8-9H2,1-3H3,(H,23,24). The van der Waals surface area contributed by atoms with Gasteiger partial charge in [-0.3, -0.25) is 4.79 Å². The largest absolute Gasteiger partial charge is 0.497 e. The van der Waals surface area contributed by atoms with Crippen molar-refractivity contribution in [3.05, 3.63) is 64.7 Å². The molecule has 0 saturated heterocycles. The molecule has 1 unspecified atom stereocenters. The third-order valence-electron chi connectivity index (χ3n) is 5.48. The predicted molar refractivity (Wildman–Crippen MR) is 101 cm³/mol. The number of amides is 1. The van der Waals surface area contributed by atoms with Crippen molar-refractivity contribution in [3.63, 3.8) is 0 Å². The van der Waals surface area contributed by atoms with E-state index < -0.39 is 0 Å². The molecule has 0 bridgehead atoms. The van der Waals surface area contributed by atoms with Crippen LogP contribution in [0.3, 0.4) is 0 Å². The molecule has 0 aromatic heterocycles. The molecule has 0 heterocycles. The predicted octanol–water partition coefficient (Wildman–Crippen LogP) is 4.97. The van der Waals surface area contributed by atoms with E-state index in [1.807, 2.05) is 44.2 Å². The Morgan fingerprint density at radius 2 is 1.76 bits per heavy atom. The van der Waals surface area contributed by atoms with E-state index in [2.05, 4.69) is 17.4 Å². The third kappa shape index (κ3) is 3.87. The SMILES string of the molecule is COc1ccc(C(NC(=O)c2cccc(C)c2C)C2CCCC2)cc1. The first-order chi connectivity index (χ1) is 12.1. The highest BCUT2D eigenvalue weighted by Gasteiger charge is 2.28. The molecule has 1 aliphatic rings. The number of nitrogens with one attached hydrogen (secondary N) is 1. The fourth-order valence-corrected chi connectivity index (χ4v) is 3.79. The summed E-state index contributed by atoms with van der Waals surface area (Å²) in [6.45, 7) is 4.06. The summed E-state index contributed by atoms with van der Waals surface area (Å²) < 4.78 is 5.27. The Hall–Kier alpha value is -2.29. The van der Waals surface area contributed by atoms with E-state index >= 15 is 0 Å². The number of carbonyl (C=O) groups is 1. The molecule has 132 valence electrons. The van der Waals surface area contributed by atoms with Crippen molar-refractivity contribution in [2.24, 2.45) is 5.92 Å². The quantitative estimate of drug-likeness (QED) is 0.836. The van der Waals surface area contributed by atoms with Crippen LogP contribution in [0.2, 0.25) is 0 Å². The van der Waals surface area contributed by atoms with Gasteiger partial charge in [0.1, 0.15) is 5.75 Å². The van der Waals surface area contributed by atoms with Crippen LogP contribution in [0.5, 0.6) is 5.75 Å². The zero-order chi connectivity index (χ0) is 17.8. The van der Waals surface area contributed by atoms with Crippen molar-refractivity contribution in [1.29, 1.82) is 0 Å². The van der Waals surface area contributed by atoms with Crippen LogP contribution in [-0.4, -0.2) is 13.0 Å². The maximum Gasteiger partial charge on any atom is 0.252 e. The van der Waals surface area contributed by atoms with Crippen LogP contribution in [0.15, 0.2) is 42.5 Å². The Balaban J connectivity index is 1.86. The van der Waals surface area contributed by atoms with E-state index in [0.29, 0.717) is 5.92 Å². The number of carbonyl (C=O) groups excluding carboxylic acids is 1. The summed E-state index contributed by atoms with van der Waals surface area (Å²) >= 11 is 0. The van der Waals surface area contributed by atoms with E-state index in [1.54, 1.807) is 7.11 Å². The second-order valence-corrected chi connectivity index (χ2v) is 7.02. The van der Waals surface area contributed by atoms with Gasteiger partial charge in [0.25, 0.3) is 5.91 Å². The van der Waals surface area contributed by atoms with Crippen molar-refractivity contribution < 1.29 is 9.53 Å². The molecule has 0 spiro atoms. The number of ether oxygens (including phenoxy) is 1. The number of benzene rings is 2. The maximum absolute atomic E-state index is 12.9. The Morgan fingerprint density at radius 3 is 2.40 bits per heavy atom. The molecule has 3 heteroatoms. The molecule has 2 aromatic rings. The van der Waals surface area contributed by atoms with Crippen LogP contribution in [0, 0.1) is 19.8 Å². The van der Waals surface area contributed by atoms with E-state index in [-0.39, 0.29) is 11.9 Å². The van der Waals surface area contributed by atoms with Crippen LogP contribution in [-0.2, 0) is 0 Å². The molecular weight excluding hydrogens is 310 g/mol. The minimum absolute atomic E-state index is 0.0221. The van der Waals surface area contributed by atoms with E-state index in [9.17, 15) is 4.79 Å². The first kappa shape index (κ1) is 17.5. The maximum atomic E-state index is 12.9. The van der Waals surface area contributed by atoms with Crippen molar-refractivity contribution in [2.75, 3.05) is 7.11 Å². The molecule has 1 atom stereocenters. The first-order valence-corrected chi connectivity index (χ1v) is 9.11. The van der Waals surface area contributed by atoms with Crippen LogP contribution in [0.1, 0.15) is 58.8 Å². The molecule has 0 aliphatic heterocycles. The summed E-state index contributed by atoms with van der Waals surface area (Å²) in [5.74, 6) is 1.37. The molecule has 2 aromatic carbocycles. The highest BCUT2D eigenvalue weighted by molar-refractivity contribution is 5.96. The molecule has 25 heavy (non-hydrogen) atoms. The second kappa shape index (κ2) is 7.73. The topological polar surface area (TPSA) is 38.3 Å². The normalized spacial score (nSPS) is 15.8. The Kier molecular flexibility index (Phi) is 5.42. The number of rotatable bonds is 5. The second-order valence-electron chi connectivity index (χ2n) is 7.02. The summed E-state index contributed by atoms with van der Waals surface area (Å²) in [7, 11) is 1.67. The number of methoxy groups -OCH3 is 1. The van der Waals surface area contributed by atoms with Gasteiger partial charge in [-0.25, -0.2) is 0 Å². The van der Waals surface area contributed by atoms with Crippen molar-refractivity contribution >= 4 is 5.91 Å². The fraction of sp³-hybridized carbons (Fsp3) is 0.409. The number of hydrogen-bond acceptors (Lipinski definition) is 2. The molecule has 3 rings (SSSR count). The van der Waals surface area contributed by atoms with Gasteiger partial charge in [0.05, 0.1) is 13.2 Å². The van der Waals surface area contributed by atoms with Gasteiger partial charge < -0.3 is 10.1 Å². The minimum Gasteiger partial charge on any atom is -0.497 e. The molecule has 0 radical (unpaired) electrons. The summed E-state index contributed by atoms with van der Waals surface area (Å²) in [6.07, 6.45) is 4.83. The van der Waals surface area contributed by atoms with Crippen molar-refractivity contribution in [1.82, 2.24) is 5.32 Å². The molecule has 1 N–H and O–H groups in total. The van der Waals surface area contributed by atoms with Gasteiger partial charge in [0.2, 0.25) is 0 Å². The molecule has 1 saturated carbocycles. The van der Waals surface area contributed by atoms with Crippen molar-refractivity contribution in [2.45, 2.75) is 45.6 Å². The van der Waals surface area contributed by atoms with Crippen LogP contribution < -0.4 is 10.1 Å². The fourth-order valence-electron chi connectivity index (χ4n) is 3.79. The van der Waals surface area contributed by atoms with Gasteiger partial charge in [-0.15, -0.1) is 0 Å². The van der Waals surface area contributed by atoms with Gasteiger partial charge in [0, 0.05) is 5.56 Å². The van der Waals surface area contributed by atoms with Crippen LogP contribution >= 0.6 is 0 Å². The highest BCUT2D eigenvalue weighted by Crippen LogP contribution is 2.36. The lowest BCUT2D eigenvalue weighted by molar-refractivity contribution is 0.0921. The van der Waals surface area contributed by atoms with E-state index in [0.717, 1.165) is 28.0 Å². The van der Waals surface area contributed by atoms with Gasteiger partial charge in [-0.05, 0) is 67.5 Å². The van der Waals surface area contributed by atoms with Crippen LogP contribution in [0.25, 0.3) is 0 Å². The Bertz CT molecular complexity index is 730. The lowest BCUT2D eigenvalue weighted by Crippen LogP contribution is -2.33. The summed E-state index contributed by atoms with van der Waals surface area (Å²) in [5, 5.41) is 3.32. The first-order valence-electron chi connectivity index (χ1n) is 9.11. The van der Waals surface area contributed by atoms with Gasteiger partial charge in [-0.2, -0.15) is 0 Å². The Morgan fingerprint density at radius 1 is 1.08 bits per heavy atom. The zero-order valence-corrected chi connectivity index (χ0v) is 15.3. The minimum atomic E-state index is 0.0221. The molecule has 3 nitrogen and oxygen atoms in total. The van der Waals surface area contributed by atoms with E-state index in [4.69, 9.17) is 4.74 Å². The smallest absolute Gasteiger partial charge is 0.252 e. The molecule has 1 aliphatic carbocycles. The zero-order valence-electron chi connectivity index (χ0n) is 15.3. The van der Waals surface area contributed by atoms with Crippen molar-refractivity contribution in [3.8, 4) is 5.75 Å². The molecular formula is C22H27NO2. The monoisotopic (exact) mass is 337 g/mol. The number of aryl methyl sites for hydroxylation is 1. The highest BCUT2D eigenvalue weighted by atomic mass is 16.5. The summed E-state index contributed by atoms with van der Waals surface area (Å²) in [5.41, 5.74) is 4.14. The molecule has 1 amide bonds. The van der Waals surface area contributed by atoms with Gasteiger partial charge in [0.15, 0.2) is 0 Å². The Labute approximate surface area is 150 Å². The van der Waals surface area contributed by atoms with E-state index in [1.165, 1.54) is 25.7 Å². The summed E-state index contributed by atoms with van der Waals surface area (Å²) in [6, 6.07) is 14.1. The average Bonchev–Trinajstić information content (AvgIpc) is 3.16. The summed E-state index contributed by atoms with van der Waals surface area (Å²) in [4.78, 5) is 12.9. The third-order valence-corrected chi connectivity index (χ3v) is 5.48. The van der Waals surface area contributed by atoms with Gasteiger partial charge >= 0.3 is 0 Å². The van der Waals surface area contributed by atoms with Crippen LogP contribution in [0.4, 0.5) is 0 Å². The molecule has 1 fully saturated rings. The lowest BCUT2D eigenvalue weighted by Gasteiger charge is -2.26. The number of hydrogen-bond donors (Lipinski definition) is 1. The average molecular weight is 337 g/mol.